The van der Waals surface area contributed by atoms with E-state index in [1.165, 1.54) is 4.68 Å². The van der Waals surface area contributed by atoms with Crippen LogP contribution in [0.25, 0.3) is 0 Å². The zero-order valence-electron chi connectivity index (χ0n) is 4.39. The average molecular weight is 165 g/mol. The predicted octanol–water partition coefficient (Wildman–Crippen LogP) is -1.16. The second-order valence-electron chi connectivity index (χ2n) is 1.29. The minimum absolute atomic E-state index is 0. The van der Waals surface area contributed by atoms with Gasteiger partial charge in [0.25, 0.3) is 0 Å². The summed E-state index contributed by atoms with van der Waals surface area (Å²) >= 11 is 3.86. The number of thiol groups is 1. The van der Waals surface area contributed by atoms with E-state index in [0.29, 0.717) is 5.16 Å². The van der Waals surface area contributed by atoms with Gasteiger partial charge in [-0.3, -0.25) is 0 Å². The molecule has 7 heteroatoms. The first-order valence-electron chi connectivity index (χ1n) is 2.16. The van der Waals surface area contributed by atoms with Crippen molar-refractivity contribution in [3.05, 3.63) is 0 Å². The van der Waals surface area contributed by atoms with Gasteiger partial charge in [0.2, 0.25) is 5.16 Å². The Balaban J connectivity index is 0.000000810. The zero-order chi connectivity index (χ0) is 6.69. The fourth-order valence-electron chi connectivity index (χ4n) is 0.369. The van der Waals surface area contributed by atoms with Gasteiger partial charge < -0.3 is 0 Å². The zero-order valence-corrected chi connectivity index (χ0v) is 5.28. The Labute approximate surface area is 85.1 Å². The van der Waals surface area contributed by atoms with Crippen LogP contribution < -0.4 is 0 Å². The normalized spacial score (nSPS) is 8.00. The van der Waals surface area contributed by atoms with E-state index < -0.39 is 0 Å². The van der Waals surface area contributed by atoms with Gasteiger partial charge in [-0.25, -0.2) is 4.68 Å². The summed E-state index contributed by atoms with van der Waals surface area (Å²) in [4.78, 5) is 0. The van der Waals surface area contributed by atoms with E-state index in [1.807, 2.05) is 6.07 Å². The molecule has 1 heterocycles. The molecule has 1 rings (SSSR count). The van der Waals surface area contributed by atoms with Crippen molar-refractivity contribution >= 4 is 42.2 Å². The molecule has 0 aliphatic carbocycles. The molecule has 0 amide bonds. The first-order valence-corrected chi connectivity index (χ1v) is 2.61. The van der Waals surface area contributed by atoms with Crippen LogP contribution >= 0.6 is 12.6 Å². The summed E-state index contributed by atoms with van der Waals surface area (Å²) in [5.41, 5.74) is 0. The Morgan fingerprint density at radius 1 is 1.70 bits per heavy atom. The van der Waals surface area contributed by atoms with Crippen LogP contribution in [0.4, 0.5) is 0 Å². The van der Waals surface area contributed by atoms with Crippen molar-refractivity contribution in [2.75, 3.05) is 0 Å². The number of hydrogen-bond acceptors (Lipinski definition) is 5. The molecule has 0 radical (unpaired) electrons. The van der Waals surface area contributed by atoms with Crippen LogP contribution in [-0.4, -0.2) is 49.8 Å². The van der Waals surface area contributed by atoms with E-state index in [4.69, 9.17) is 5.26 Å². The molecular weight excluding hydrogens is 161 g/mol. The Bertz CT molecular complexity index is 239. The number of hydrogen-bond donors (Lipinski definition) is 1. The van der Waals surface area contributed by atoms with Crippen LogP contribution in [0, 0.1) is 11.3 Å². The molecule has 0 spiro atoms. The van der Waals surface area contributed by atoms with E-state index >= 15 is 0 Å². The van der Waals surface area contributed by atoms with Crippen LogP contribution in [-0.2, 0) is 6.54 Å². The molecule has 48 valence electrons. The van der Waals surface area contributed by atoms with Crippen LogP contribution in [0.1, 0.15) is 0 Å². The molecule has 0 atom stereocenters. The van der Waals surface area contributed by atoms with Crippen molar-refractivity contribution in [1.82, 2.24) is 20.2 Å². The molecule has 0 aliphatic rings. The monoisotopic (exact) mass is 165 g/mol. The Morgan fingerprint density at radius 2 is 2.40 bits per heavy atom. The molecule has 10 heavy (non-hydrogen) atoms. The SMILES string of the molecule is N#CCn1nnnc1S.[NaH]. The Kier molecular flexibility index (Phi) is 4.64. The van der Waals surface area contributed by atoms with Gasteiger partial charge in [0.15, 0.2) is 0 Å². The van der Waals surface area contributed by atoms with E-state index in [1.54, 1.807) is 0 Å². The second-order valence-corrected chi connectivity index (χ2v) is 1.69. The van der Waals surface area contributed by atoms with Gasteiger partial charge in [0.1, 0.15) is 6.54 Å². The summed E-state index contributed by atoms with van der Waals surface area (Å²) in [5, 5.41) is 18.7. The van der Waals surface area contributed by atoms with E-state index in [0.717, 1.165) is 0 Å². The molecule has 0 saturated carbocycles. The van der Waals surface area contributed by atoms with E-state index in [9.17, 15) is 0 Å². The Morgan fingerprint density at radius 3 is 2.80 bits per heavy atom. The molecule has 0 unspecified atom stereocenters. The summed E-state index contributed by atoms with van der Waals surface area (Å²) in [5.74, 6) is 0. The number of rotatable bonds is 1. The molecular formula is C3H4N5NaS. The molecule has 0 saturated heterocycles. The van der Waals surface area contributed by atoms with Gasteiger partial charge in [-0.05, 0) is 10.4 Å². The van der Waals surface area contributed by atoms with Crippen LogP contribution in [0.5, 0.6) is 0 Å². The predicted molar refractivity (Wildman–Crippen MR) is 37.8 cm³/mol. The minimum atomic E-state index is 0. The molecule has 5 nitrogen and oxygen atoms in total. The second kappa shape index (κ2) is 4.68. The number of nitrogens with zero attached hydrogens (tertiary/aromatic N) is 5. The quantitative estimate of drug-likeness (QED) is 0.421. The molecule has 0 N–H and O–H groups in total. The van der Waals surface area contributed by atoms with Crippen molar-refractivity contribution in [3.8, 4) is 6.07 Å². The third-order valence-electron chi connectivity index (χ3n) is 0.733. The van der Waals surface area contributed by atoms with Gasteiger partial charge in [-0.2, -0.15) is 5.26 Å². The molecule has 0 bridgehead atoms. The van der Waals surface area contributed by atoms with Gasteiger partial charge in [-0.1, -0.05) is 0 Å². The van der Waals surface area contributed by atoms with Crippen LogP contribution in [0.2, 0.25) is 0 Å². The van der Waals surface area contributed by atoms with Gasteiger partial charge >= 0.3 is 29.6 Å². The molecule has 0 fully saturated rings. The summed E-state index contributed by atoms with van der Waals surface area (Å²) in [6, 6.07) is 1.88. The third-order valence-corrected chi connectivity index (χ3v) is 1.05. The summed E-state index contributed by atoms with van der Waals surface area (Å²) in [6.45, 7) is 0.145. The molecule has 1 aromatic heterocycles. The maximum atomic E-state index is 8.16. The van der Waals surface area contributed by atoms with Crippen LogP contribution in [0.15, 0.2) is 5.16 Å². The molecule has 0 aromatic carbocycles. The van der Waals surface area contributed by atoms with Crippen molar-refractivity contribution in [3.63, 3.8) is 0 Å². The molecule has 0 aliphatic heterocycles. The van der Waals surface area contributed by atoms with E-state index in [-0.39, 0.29) is 36.1 Å². The number of nitriles is 1. The topological polar surface area (TPSA) is 67.4 Å². The number of aromatic nitrogens is 4. The van der Waals surface area contributed by atoms with Crippen molar-refractivity contribution < 1.29 is 0 Å². The molecule has 1 aromatic rings. The summed E-state index contributed by atoms with van der Waals surface area (Å²) in [6.07, 6.45) is 0. The maximum absolute atomic E-state index is 8.16. The first kappa shape index (κ1) is 9.91. The number of tetrazole rings is 1. The fraction of sp³-hybridized carbons (Fsp3) is 0.333. The fourth-order valence-corrected chi connectivity index (χ4v) is 0.520. The van der Waals surface area contributed by atoms with Gasteiger partial charge in [-0.15, -0.1) is 17.7 Å². The van der Waals surface area contributed by atoms with Gasteiger partial charge in [0, 0.05) is 0 Å². The first-order chi connectivity index (χ1) is 4.34. The summed E-state index contributed by atoms with van der Waals surface area (Å²) in [7, 11) is 0. The Hall–Kier alpha value is -0.0900. The van der Waals surface area contributed by atoms with Crippen molar-refractivity contribution in [2.45, 2.75) is 11.7 Å². The van der Waals surface area contributed by atoms with Crippen molar-refractivity contribution in [2.24, 2.45) is 0 Å². The van der Waals surface area contributed by atoms with Crippen LogP contribution in [0.3, 0.4) is 0 Å². The van der Waals surface area contributed by atoms with Gasteiger partial charge in [0.05, 0.1) is 6.07 Å². The third kappa shape index (κ3) is 2.27. The standard InChI is InChI=1S/C3H3N5S.Na.H/c4-1-2-8-3(9)5-6-7-8;;/h2H2,(H,5,7,9);;. The summed E-state index contributed by atoms with van der Waals surface area (Å²) < 4.78 is 1.29. The van der Waals surface area contributed by atoms with Crippen molar-refractivity contribution in [1.29, 1.82) is 5.26 Å². The average Bonchev–Trinajstić information content (AvgIpc) is 2.18. The van der Waals surface area contributed by atoms with E-state index in [2.05, 4.69) is 28.2 Å².